The van der Waals surface area contributed by atoms with E-state index in [0.717, 1.165) is 22.2 Å². The minimum absolute atomic E-state index is 0.197. The Balaban J connectivity index is 2.07. The fraction of sp³-hybridized carbons (Fsp3) is 0.375. The van der Waals surface area contributed by atoms with Crippen molar-refractivity contribution in [3.8, 4) is 5.75 Å². The van der Waals surface area contributed by atoms with E-state index in [0.29, 0.717) is 6.61 Å². The Kier molecular flexibility index (Phi) is 6.02. The summed E-state index contributed by atoms with van der Waals surface area (Å²) < 4.78 is 5.71. The van der Waals surface area contributed by atoms with Crippen LogP contribution < -0.4 is 10.1 Å². The first-order valence-corrected chi connectivity index (χ1v) is 8.03. The summed E-state index contributed by atoms with van der Waals surface area (Å²) in [5.74, 6) is 1.79. The Morgan fingerprint density at radius 3 is 2.62 bits per heavy atom. The fourth-order valence-corrected chi connectivity index (χ4v) is 2.91. The molecule has 21 heavy (non-hydrogen) atoms. The molecule has 112 valence electrons. The SMILES string of the molecule is CCOc1ccccc1C(CSc1ncc(C)cn1)NC. The van der Waals surface area contributed by atoms with E-state index in [4.69, 9.17) is 4.74 Å². The lowest BCUT2D eigenvalue weighted by Crippen LogP contribution is -2.19. The van der Waals surface area contributed by atoms with Crippen LogP contribution in [0, 0.1) is 6.92 Å². The molecule has 1 N–H and O–H groups in total. The number of rotatable bonds is 7. The second kappa shape index (κ2) is 8.00. The number of nitrogens with zero attached hydrogens (tertiary/aromatic N) is 2. The highest BCUT2D eigenvalue weighted by atomic mass is 32.2. The van der Waals surface area contributed by atoms with Gasteiger partial charge in [-0.3, -0.25) is 0 Å². The van der Waals surface area contributed by atoms with Crippen molar-refractivity contribution in [3.05, 3.63) is 47.8 Å². The minimum Gasteiger partial charge on any atom is -0.494 e. The number of aromatic nitrogens is 2. The molecular weight excluding hydrogens is 282 g/mol. The smallest absolute Gasteiger partial charge is 0.187 e. The zero-order valence-electron chi connectivity index (χ0n) is 12.7. The summed E-state index contributed by atoms with van der Waals surface area (Å²) in [5.41, 5.74) is 2.24. The van der Waals surface area contributed by atoms with Crippen LogP contribution in [0.25, 0.3) is 0 Å². The van der Waals surface area contributed by atoms with E-state index in [1.165, 1.54) is 5.56 Å². The van der Waals surface area contributed by atoms with Gasteiger partial charge in [-0.15, -0.1) is 0 Å². The number of nitrogens with one attached hydrogen (secondary N) is 1. The van der Waals surface area contributed by atoms with Crippen LogP contribution in [-0.2, 0) is 0 Å². The molecule has 0 fully saturated rings. The fourth-order valence-electron chi connectivity index (χ4n) is 2.00. The second-order valence-corrected chi connectivity index (χ2v) is 5.65. The highest BCUT2D eigenvalue weighted by molar-refractivity contribution is 7.99. The van der Waals surface area contributed by atoms with Gasteiger partial charge in [-0.2, -0.15) is 0 Å². The van der Waals surface area contributed by atoms with E-state index in [9.17, 15) is 0 Å². The van der Waals surface area contributed by atoms with Crippen molar-refractivity contribution >= 4 is 11.8 Å². The lowest BCUT2D eigenvalue weighted by molar-refractivity contribution is 0.333. The Morgan fingerprint density at radius 1 is 1.24 bits per heavy atom. The summed E-state index contributed by atoms with van der Waals surface area (Å²) in [7, 11) is 1.96. The van der Waals surface area contributed by atoms with Crippen molar-refractivity contribution < 1.29 is 4.74 Å². The summed E-state index contributed by atoms with van der Waals surface area (Å²) in [6.45, 7) is 4.66. The molecule has 0 aliphatic heterocycles. The molecule has 2 aromatic rings. The van der Waals surface area contributed by atoms with Crippen LogP contribution in [0.1, 0.15) is 24.1 Å². The quantitative estimate of drug-likeness (QED) is 0.628. The third kappa shape index (κ3) is 4.44. The van der Waals surface area contributed by atoms with E-state index >= 15 is 0 Å². The number of thioether (sulfide) groups is 1. The number of hydrogen-bond acceptors (Lipinski definition) is 5. The predicted molar refractivity (Wildman–Crippen MR) is 86.9 cm³/mol. The minimum atomic E-state index is 0.197. The molecule has 0 aliphatic rings. The van der Waals surface area contributed by atoms with Crippen molar-refractivity contribution in [2.24, 2.45) is 0 Å². The maximum absolute atomic E-state index is 5.71. The summed E-state index contributed by atoms with van der Waals surface area (Å²) in [6, 6.07) is 8.34. The van der Waals surface area contributed by atoms with E-state index in [-0.39, 0.29) is 6.04 Å². The van der Waals surface area contributed by atoms with E-state index < -0.39 is 0 Å². The zero-order valence-corrected chi connectivity index (χ0v) is 13.5. The maximum Gasteiger partial charge on any atom is 0.187 e. The maximum atomic E-state index is 5.71. The third-order valence-electron chi connectivity index (χ3n) is 3.08. The van der Waals surface area contributed by atoms with Crippen LogP contribution in [0.4, 0.5) is 0 Å². The van der Waals surface area contributed by atoms with Crippen molar-refractivity contribution in [1.82, 2.24) is 15.3 Å². The first kappa shape index (κ1) is 15.8. The standard InChI is InChI=1S/C16H21N3OS/c1-4-20-15-8-6-5-7-13(15)14(17-3)11-21-16-18-9-12(2)10-19-16/h5-10,14,17H,4,11H2,1-3H3. The van der Waals surface area contributed by atoms with Gasteiger partial charge in [0.05, 0.1) is 6.61 Å². The number of ether oxygens (including phenoxy) is 1. The van der Waals surface area contributed by atoms with Gasteiger partial charge >= 0.3 is 0 Å². The topological polar surface area (TPSA) is 47.0 Å². The van der Waals surface area contributed by atoms with Crippen LogP contribution in [-0.4, -0.2) is 29.4 Å². The molecule has 0 radical (unpaired) electrons. The Morgan fingerprint density at radius 2 is 1.95 bits per heavy atom. The molecule has 2 rings (SSSR count). The second-order valence-electron chi connectivity index (χ2n) is 4.67. The van der Waals surface area contributed by atoms with Crippen LogP contribution in [0.3, 0.4) is 0 Å². The molecule has 0 saturated heterocycles. The van der Waals surface area contributed by atoms with E-state index in [1.54, 1.807) is 11.8 Å². The Labute approximate surface area is 130 Å². The van der Waals surface area contributed by atoms with Crippen LogP contribution in [0.15, 0.2) is 41.8 Å². The number of para-hydroxylation sites is 1. The summed E-state index contributed by atoms with van der Waals surface area (Å²) >= 11 is 1.64. The average molecular weight is 303 g/mol. The Hall–Kier alpha value is -1.59. The molecule has 0 spiro atoms. The molecule has 1 aromatic heterocycles. The van der Waals surface area contributed by atoms with E-state index in [1.807, 2.05) is 51.5 Å². The molecule has 1 heterocycles. The number of hydrogen-bond donors (Lipinski definition) is 1. The summed E-state index contributed by atoms with van der Waals surface area (Å²) in [4.78, 5) is 8.66. The molecule has 0 bridgehead atoms. The molecule has 1 unspecified atom stereocenters. The van der Waals surface area contributed by atoms with Gasteiger partial charge in [-0.1, -0.05) is 30.0 Å². The molecule has 0 aliphatic carbocycles. The first-order chi connectivity index (χ1) is 10.2. The third-order valence-corrected chi connectivity index (χ3v) is 4.05. The molecular formula is C16H21N3OS. The van der Waals surface area contributed by atoms with Crippen molar-refractivity contribution in [2.75, 3.05) is 19.4 Å². The van der Waals surface area contributed by atoms with Gasteiger partial charge in [0, 0.05) is 29.8 Å². The van der Waals surface area contributed by atoms with Crippen molar-refractivity contribution in [1.29, 1.82) is 0 Å². The van der Waals surface area contributed by atoms with Crippen molar-refractivity contribution in [3.63, 3.8) is 0 Å². The van der Waals surface area contributed by atoms with Crippen molar-refractivity contribution in [2.45, 2.75) is 25.0 Å². The highest BCUT2D eigenvalue weighted by Gasteiger charge is 2.15. The predicted octanol–water partition coefficient (Wildman–Crippen LogP) is 3.24. The van der Waals surface area contributed by atoms with Gasteiger partial charge in [-0.25, -0.2) is 9.97 Å². The first-order valence-electron chi connectivity index (χ1n) is 7.05. The normalized spacial score (nSPS) is 12.1. The monoisotopic (exact) mass is 303 g/mol. The molecule has 5 heteroatoms. The molecule has 1 atom stereocenters. The lowest BCUT2D eigenvalue weighted by Gasteiger charge is -2.19. The average Bonchev–Trinajstić information content (AvgIpc) is 2.51. The molecule has 1 aromatic carbocycles. The van der Waals surface area contributed by atoms with Gasteiger partial charge in [0.1, 0.15) is 5.75 Å². The lowest BCUT2D eigenvalue weighted by atomic mass is 10.1. The molecule has 0 saturated carbocycles. The van der Waals surface area contributed by atoms with Gasteiger partial charge in [0.2, 0.25) is 0 Å². The van der Waals surface area contributed by atoms with Gasteiger partial charge in [0.25, 0.3) is 0 Å². The molecule has 4 nitrogen and oxygen atoms in total. The summed E-state index contributed by atoms with van der Waals surface area (Å²) in [6.07, 6.45) is 3.69. The van der Waals surface area contributed by atoms with Gasteiger partial charge in [-0.05, 0) is 32.5 Å². The van der Waals surface area contributed by atoms with Crippen LogP contribution >= 0.6 is 11.8 Å². The number of benzene rings is 1. The zero-order chi connectivity index (χ0) is 15.1. The van der Waals surface area contributed by atoms with Crippen LogP contribution in [0.5, 0.6) is 5.75 Å². The van der Waals surface area contributed by atoms with Gasteiger partial charge in [0.15, 0.2) is 5.16 Å². The van der Waals surface area contributed by atoms with E-state index in [2.05, 4.69) is 21.4 Å². The highest BCUT2D eigenvalue weighted by Crippen LogP contribution is 2.28. The molecule has 0 amide bonds. The largest absolute Gasteiger partial charge is 0.494 e. The summed E-state index contributed by atoms with van der Waals surface area (Å²) in [5, 5.41) is 4.14. The van der Waals surface area contributed by atoms with Gasteiger partial charge < -0.3 is 10.1 Å². The Bertz CT molecular complexity index is 560. The van der Waals surface area contributed by atoms with Crippen LogP contribution in [0.2, 0.25) is 0 Å². The number of aryl methyl sites for hydroxylation is 1.